The van der Waals surface area contributed by atoms with Gasteiger partial charge in [0.2, 0.25) is 5.52 Å². The van der Waals surface area contributed by atoms with Gasteiger partial charge in [-0.1, -0.05) is 6.07 Å². The number of pyridine rings is 1. The highest BCUT2D eigenvalue weighted by molar-refractivity contribution is 5.81. The molecule has 0 N–H and O–H groups in total. The predicted octanol–water partition coefficient (Wildman–Crippen LogP) is 1.34. The summed E-state index contributed by atoms with van der Waals surface area (Å²) in [6.07, 6.45) is 1.39. The maximum atomic E-state index is 11.3. The van der Waals surface area contributed by atoms with Crippen molar-refractivity contribution in [1.82, 2.24) is 0 Å². The van der Waals surface area contributed by atoms with Crippen LogP contribution in [0.5, 0.6) is 0 Å². The van der Waals surface area contributed by atoms with Gasteiger partial charge in [-0.3, -0.25) is 0 Å². The van der Waals surface area contributed by atoms with Crippen LogP contribution in [0.3, 0.4) is 0 Å². The van der Waals surface area contributed by atoms with Gasteiger partial charge in [0, 0.05) is 11.5 Å². The molecule has 0 aliphatic rings. The molecule has 0 unspecified atom stereocenters. The zero-order chi connectivity index (χ0) is 9.26. The second-order valence-electron chi connectivity index (χ2n) is 2.69. The minimum Gasteiger partial charge on any atom is -0.618 e. The van der Waals surface area contributed by atoms with E-state index in [1.54, 1.807) is 18.2 Å². The number of aromatic nitrogens is 1. The summed E-state index contributed by atoms with van der Waals surface area (Å²) in [5.41, 5.74) is 0.848. The van der Waals surface area contributed by atoms with E-state index in [2.05, 4.69) is 0 Å². The van der Waals surface area contributed by atoms with Crippen molar-refractivity contribution in [3.05, 3.63) is 47.3 Å². The Hall–Kier alpha value is -2.08. The van der Waals surface area contributed by atoms with Gasteiger partial charge in [-0.2, -0.15) is 9.99 Å². The molecule has 62 valence electrons. The van der Waals surface area contributed by atoms with Crippen LogP contribution in [0.1, 0.15) is 5.56 Å². The van der Waals surface area contributed by atoms with Gasteiger partial charge in [-0.05, 0) is 18.2 Å². The Morgan fingerprint density at radius 3 is 2.77 bits per heavy atom. The lowest BCUT2D eigenvalue weighted by Gasteiger charge is -2.00. The number of benzene rings is 1. The summed E-state index contributed by atoms with van der Waals surface area (Å²) in [7, 11) is 0. The fourth-order valence-electron chi connectivity index (χ4n) is 1.33. The van der Waals surface area contributed by atoms with Crippen molar-refractivity contribution < 1.29 is 4.73 Å². The van der Waals surface area contributed by atoms with Crippen LogP contribution >= 0.6 is 0 Å². The Balaban J connectivity index is 2.97. The molecule has 0 amide bonds. The number of hydrogen-bond donors (Lipinski definition) is 0. The highest BCUT2D eigenvalue weighted by Crippen LogP contribution is 2.12. The number of fused-ring (bicyclic) bond motifs is 1. The van der Waals surface area contributed by atoms with Crippen molar-refractivity contribution >= 4 is 10.9 Å². The fourth-order valence-corrected chi connectivity index (χ4v) is 1.33. The van der Waals surface area contributed by atoms with Crippen LogP contribution in [0, 0.1) is 16.5 Å². The molecule has 0 radical (unpaired) electrons. The Morgan fingerprint density at radius 2 is 2.00 bits per heavy atom. The minimum absolute atomic E-state index is 0.410. The van der Waals surface area contributed by atoms with E-state index in [-0.39, 0.29) is 0 Å². The molecule has 1 aromatic heterocycles. The summed E-state index contributed by atoms with van der Waals surface area (Å²) in [5, 5.41) is 20.9. The van der Waals surface area contributed by atoms with Crippen LogP contribution in [-0.2, 0) is 0 Å². The molecule has 3 nitrogen and oxygen atoms in total. The van der Waals surface area contributed by atoms with Crippen LogP contribution in [0.25, 0.3) is 10.9 Å². The molecule has 0 fully saturated rings. The third-order valence-corrected chi connectivity index (χ3v) is 1.91. The normalized spacial score (nSPS) is 9.77. The van der Waals surface area contributed by atoms with Gasteiger partial charge < -0.3 is 5.21 Å². The Labute approximate surface area is 75.0 Å². The van der Waals surface area contributed by atoms with Gasteiger partial charge in [0.05, 0.1) is 0 Å². The Kier molecular flexibility index (Phi) is 1.60. The lowest BCUT2D eigenvalue weighted by atomic mass is 10.1. The molecule has 1 heterocycles. The molecular weight excluding hydrogens is 164 g/mol. The van der Waals surface area contributed by atoms with Crippen molar-refractivity contribution in [3.63, 3.8) is 0 Å². The molecule has 0 saturated heterocycles. The van der Waals surface area contributed by atoms with Crippen molar-refractivity contribution in [3.8, 4) is 6.07 Å². The van der Waals surface area contributed by atoms with Crippen molar-refractivity contribution in [2.45, 2.75) is 0 Å². The first-order chi connectivity index (χ1) is 6.33. The molecule has 1 aromatic carbocycles. The first-order valence-electron chi connectivity index (χ1n) is 3.84. The first-order valence-corrected chi connectivity index (χ1v) is 3.84. The minimum atomic E-state index is 0.410. The number of para-hydroxylation sites is 1. The van der Waals surface area contributed by atoms with Crippen LogP contribution in [0.4, 0.5) is 0 Å². The number of nitriles is 1. The molecule has 2 aromatic rings. The molecule has 3 heteroatoms. The van der Waals surface area contributed by atoms with Gasteiger partial charge >= 0.3 is 0 Å². The monoisotopic (exact) mass is 170 g/mol. The maximum Gasteiger partial charge on any atom is 0.241 e. The van der Waals surface area contributed by atoms with E-state index in [4.69, 9.17) is 5.26 Å². The van der Waals surface area contributed by atoms with Crippen molar-refractivity contribution in [2.24, 2.45) is 0 Å². The summed E-state index contributed by atoms with van der Waals surface area (Å²) in [4.78, 5) is 0. The Morgan fingerprint density at radius 1 is 1.23 bits per heavy atom. The van der Waals surface area contributed by atoms with Gasteiger partial charge in [-0.25, -0.2) is 0 Å². The number of rotatable bonds is 0. The zero-order valence-corrected chi connectivity index (χ0v) is 6.77. The largest absolute Gasteiger partial charge is 0.618 e. The van der Waals surface area contributed by atoms with Crippen molar-refractivity contribution in [2.75, 3.05) is 0 Å². The van der Waals surface area contributed by atoms with Gasteiger partial charge in [0.1, 0.15) is 11.6 Å². The Bertz CT molecular complexity index is 494. The second-order valence-corrected chi connectivity index (χ2v) is 2.69. The molecule has 2 rings (SSSR count). The summed E-state index contributed by atoms with van der Waals surface area (Å²) in [6, 6.07) is 10.7. The molecule has 0 saturated carbocycles. The van der Waals surface area contributed by atoms with Crippen molar-refractivity contribution in [1.29, 1.82) is 5.26 Å². The highest BCUT2D eigenvalue weighted by Gasteiger charge is 2.07. The lowest BCUT2D eigenvalue weighted by Crippen LogP contribution is -2.26. The van der Waals surface area contributed by atoms with E-state index in [9.17, 15) is 5.21 Å². The molecule has 0 aliphatic carbocycles. The predicted molar refractivity (Wildman–Crippen MR) is 47.6 cm³/mol. The van der Waals surface area contributed by atoms with E-state index in [0.717, 1.165) is 5.39 Å². The van der Waals surface area contributed by atoms with E-state index in [1.165, 1.54) is 6.20 Å². The van der Waals surface area contributed by atoms with Gasteiger partial charge in [0.15, 0.2) is 6.20 Å². The van der Waals surface area contributed by atoms with E-state index >= 15 is 0 Å². The molecule has 0 spiro atoms. The second kappa shape index (κ2) is 2.76. The molecule has 13 heavy (non-hydrogen) atoms. The third kappa shape index (κ3) is 1.09. The zero-order valence-electron chi connectivity index (χ0n) is 6.77. The standard InChI is InChI=1S/C10H6N2O/c11-7-9-4-1-3-8-5-2-6-12(13)10(8)9/h1-6H. The van der Waals surface area contributed by atoms with Gasteiger partial charge in [-0.15, -0.1) is 0 Å². The lowest BCUT2D eigenvalue weighted by molar-refractivity contribution is -0.577. The number of hydrogen-bond acceptors (Lipinski definition) is 2. The number of nitrogens with zero attached hydrogens (tertiary/aromatic N) is 2. The smallest absolute Gasteiger partial charge is 0.241 e. The van der Waals surface area contributed by atoms with Crippen LogP contribution < -0.4 is 4.73 Å². The maximum absolute atomic E-state index is 11.3. The first kappa shape index (κ1) is 7.56. The van der Waals surface area contributed by atoms with E-state index < -0.39 is 0 Å². The SMILES string of the molecule is N#Cc1cccc2ccc[n+]([O-])c12. The summed E-state index contributed by atoms with van der Waals surface area (Å²) < 4.78 is 0.716. The average Bonchev–Trinajstić information content (AvgIpc) is 2.17. The van der Waals surface area contributed by atoms with Crippen LogP contribution in [0.2, 0.25) is 0 Å². The molecule has 0 atom stereocenters. The average molecular weight is 170 g/mol. The highest BCUT2D eigenvalue weighted by atomic mass is 16.5. The molecule has 0 aliphatic heterocycles. The summed E-state index contributed by atoms with van der Waals surface area (Å²) in [6.45, 7) is 0. The van der Waals surface area contributed by atoms with Gasteiger partial charge in [0.25, 0.3) is 0 Å². The topological polar surface area (TPSA) is 50.7 Å². The fraction of sp³-hybridized carbons (Fsp3) is 0. The third-order valence-electron chi connectivity index (χ3n) is 1.91. The molecule has 0 bridgehead atoms. The quantitative estimate of drug-likeness (QED) is 0.442. The van der Waals surface area contributed by atoms with E-state index in [0.29, 0.717) is 15.8 Å². The van der Waals surface area contributed by atoms with Crippen LogP contribution in [0.15, 0.2) is 36.5 Å². The van der Waals surface area contributed by atoms with Crippen LogP contribution in [-0.4, -0.2) is 0 Å². The summed E-state index contributed by atoms with van der Waals surface area (Å²) in [5.74, 6) is 0. The summed E-state index contributed by atoms with van der Waals surface area (Å²) >= 11 is 0. The van der Waals surface area contributed by atoms with E-state index in [1.807, 2.05) is 18.2 Å². The molecular formula is C10H6N2O.